The fourth-order valence-corrected chi connectivity index (χ4v) is 4.07. The van der Waals surface area contributed by atoms with Gasteiger partial charge >= 0.3 is 17.1 Å². The quantitative estimate of drug-likeness (QED) is 0.434. The Morgan fingerprint density at radius 2 is 1.63 bits per heavy atom. The molecule has 0 saturated heterocycles. The number of carbonyl (C=O) groups is 1. The third-order valence-corrected chi connectivity index (χ3v) is 6.43. The van der Waals surface area contributed by atoms with Crippen LogP contribution in [0.3, 0.4) is 0 Å². The second-order valence-electron chi connectivity index (χ2n) is 5.84. The first kappa shape index (κ1) is 23.4. The van der Waals surface area contributed by atoms with E-state index < -0.39 is 45.4 Å². The number of halogens is 4. The molecule has 10 heteroatoms. The third-order valence-electron chi connectivity index (χ3n) is 4.22. The summed E-state index contributed by atoms with van der Waals surface area (Å²) in [4.78, 5) is 12.8. The molecule has 1 aromatic carbocycles. The second kappa shape index (κ2) is 9.01. The van der Waals surface area contributed by atoms with E-state index in [0.717, 1.165) is 11.8 Å². The summed E-state index contributed by atoms with van der Waals surface area (Å²) in [5.41, 5.74) is 0.0651. The number of esters is 1. The molecule has 154 valence electrons. The van der Waals surface area contributed by atoms with Gasteiger partial charge in [0.2, 0.25) is 9.84 Å². The second-order valence-corrected chi connectivity index (χ2v) is 8.12. The number of rotatable bonds is 10. The number of carbonyl (C=O) groups excluding carboxylic acids is 1. The Morgan fingerprint density at radius 3 is 2.11 bits per heavy atom. The Hall–Kier alpha value is -1.68. The zero-order valence-electron chi connectivity index (χ0n) is 15.3. The van der Waals surface area contributed by atoms with E-state index in [4.69, 9.17) is 0 Å². The number of nitrogens with zero attached hydrogens (tertiary/aromatic N) is 1. The van der Waals surface area contributed by atoms with E-state index in [9.17, 15) is 30.8 Å². The lowest BCUT2D eigenvalue weighted by molar-refractivity contribution is -0.166. The average Bonchev–Trinajstić information content (AvgIpc) is 2.62. The molecule has 0 fully saturated rings. The zero-order chi connectivity index (χ0) is 20.9. The Balaban J connectivity index is 2.86. The molecule has 0 aliphatic carbocycles. The van der Waals surface area contributed by atoms with Crippen molar-refractivity contribution in [1.29, 1.82) is 0 Å². The molecule has 27 heavy (non-hydrogen) atoms. The minimum atomic E-state index is -5.52. The van der Waals surface area contributed by atoms with E-state index in [1.807, 2.05) is 0 Å². The first-order valence-corrected chi connectivity index (χ1v) is 9.92. The first-order chi connectivity index (χ1) is 12.4. The molecular weight excluding hydrogens is 390 g/mol. The van der Waals surface area contributed by atoms with Crippen LogP contribution in [-0.2, 0) is 14.6 Å². The lowest BCUT2D eigenvalue weighted by Crippen LogP contribution is -2.54. The lowest BCUT2D eigenvalue weighted by atomic mass is 10.2. The van der Waals surface area contributed by atoms with E-state index in [1.54, 1.807) is 6.07 Å². The molecule has 1 rings (SSSR count). The van der Waals surface area contributed by atoms with Gasteiger partial charge in [0, 0.05) is 0 Å². The Morgan fingerprint density at radius 1 is 1.11 bits per heavy atom. The van der Waals surface area contributed by atoms with E-state index >= 15 is 0 Å². The van der Waals surface area contributed by atoms with Crippen LogP contribution in [0.15, 0.2) is 30.3 Å². The van der Waals surface area contributed by atoms with Crippen molar-refractivity contribution in [3.05, 3.63) is 35.9 Å². The zero-order valence-corrected chi connectivity index (χ0v) is 16.1. The van der Waals surface area contributed by atoms with Crippen LogP contribution in [-0.4, -0.2) is 55.5 Å². The molecule has 0 heterocycles. The van der Waals surface area contributed by atoms with Crippen molar-refractivity contribution in [2.45, 2.75) is 43.7 Å². The van der Waals surface area contributed by atoms with Gasteiger partial charge in [-0.2, -0.15) is 17.6 Å². The number of benzene rings is 1. The molecule has 1 aromatic rings. The summed E-state index contributed by atoms with van der Waals surface area (Å²) < 4.78 is 85.3. The fourth-order valence-electron chi connectivity index (χ4n) is 2.43. The van der Waals surface area contributed by atoms with Crippen LogP contribution in [0.5, 0.6) is 0 Å². The standard InChI is InChI=1S/C17H23F4NO4S/c1-4-22(5-2)13(3)27(24,25)17(20,21)16(18,19)11-12-26-15(23)14-9-7-6-8-10-14/h6-10,13H,4-5,11-12H2,1-3H3. The third kappa shape index (κ3) is 4.98. The molecule has 0 aliphatic rings. The highest BCUT2D eigenvalue weighted by Crippen LogP contribution is 2.43. The van der Waals surface area contributed by atoms with Crippen molar-refractivity contribution >= 4 is 15.8 Å². The molecule has 0 radical (unpaired) electrons. The summed E-state index contributed by atoms with van der Waals surface area (Å²) in [6.07, 6.45) is -1.62. The van der Waals surface area contributed by atoms with Gasteiger partial charge < -0.3 is 4.74 Å². The minimum absolute atomic E-state index is 0.0651. The predicted molar refractivity (Wildman–Crippen MR) is 92.5 cm³/mol. The van der Waals surface area contributed by atoms with Gasteiger partial charge in [-0.25, -0.2) is 13.2 Å². The van der Waals surface area contributed by atoms with Crippen LogP contribution >= 0.6 is 0 Å². The van der Waals surface area contributed by atoms with Crippen molar-refractivity contribution in [3.63, 3.8) is 0 Å². The largest absolute Gasteiger partial charge is 0.462 e. The van der Waals surface area contributed by atoms with E-state index in [-0.39, 0.29) is 18.7 Å². The summed E-state index contributed by atoms with van der Waals surface area (Å²) in [7, 11) is -5.52. The SMILES string of the molecule is CCN(CC)C(C)S(=O)(=O)C(F)(F)C(F)(F)CCOC(=O)c1ccccc1. The monoisotopic (exact) mass is 413 g/mol. The fraction of sp³-hybridized carbons (Fsp3) is 0.588. The molecule has 0 saturated carbocycles. The molecule has 0 aromatic heterocycles. The lowest BCUT2D eigenvalue weighted by Gasteiger charge is -2.32. The van der Waals surface area contributed by atoms with Crippen LogP contribution in [0.1, 0.15) is 37.6 Å². The van der Waals surface area contributed by atoms with E-state index in [2.05, 4.69) is 4.74 Å². The molecule has 5 nitrogen and oxygen atoms in total. The minimum Gasteiger partial charge on any atom is -0.462 e. The summed E-state index contributed by atoms with van der Waals surface area (Å²) in [5, 5.41) is -7.10. The van der Waals surface area contributed by atoms with Gasteiger partial charge in [-0.05, 0) is 32.1 Å². The van der Waals surface area contributed by atoms with E-state index in [0.29, 0.717) is 0 Å². The van der Waals surface area contributed by atoms with Crippen LogP contribution in [0.25, 0.3) is 0 Å². The maximum Gasteiger partial charge on any atom is 0.408 e. The molecule has 0 amide bonds. The van der Waals surface area contributed by atoms with Crippen LogP contribution in [0.4, 0.5) is 17.6 Å². The number of hydrogen-bond acceptors (Lipinski definition) is 5. The number of hydrogen-bond donors (Lipinski definition) is 0. The molecule has 0 aliphatic heterocycles. The van der Waals surface area contributed by atoms with Gasteiger partial charge in [-0.15, -0.1) is 0 Å². The molecule has 0 bridgehead atoms. The Bertz CT molecular complexity index is 722. The maximum absolute atomic E-state index is 14.2. The summed E-state index contributed by atoms with van der Waals surface area (Å²) in [6.45, 7) is 3.18. The Kier molecular flexibility index (Phi) is 7.79. The van der Waals surface area contributed by atoms with Crippen molar-refractivity contribution in [3.8, 4) is 0 Å². The molecule has 0 spiro atoms. The highest BCUT2D eigenvalue weighted by molar-refractivity contribution is 7.93. The van der Waals surface area contributed by atoms with Gasteiger partial charge in [0.25, 0.3) is 0 Å². The van der Waals surface area contributed by atoms with Gasteiger partial charge in [-0.1, -0.05) is 32.0 Å². The number of alkyl halides is 4. The van der Waals surface area contributed by atoms with Crippen molar-refractivity contribution in [1.82, 2.24) is 4.90 Å². The van der Waals surface area contributed by atoms with Gasteiger partial charge in [0.15, 0.2) is 0 Å². The van der Waals surface area contributed by atoms with Crippen molar-refractivity contribution < 1.29 is 35.5 Å². The topological polar surface area (TPSA) is 63.7 Å². The van der Waals surface area contributed by atoms with Gasteiger partial charge in [0.1, 0.15) is 5.37 Å². The number of ether oxygens (including phenoxy) is 1. The Labute approximate surface area is 156 Å². The van der Waals surface area contributed by atoms with Crippen molar-refractivity contribution in [2.75, 3.05) is 19.7 Å². The van der Waals surface area contributed by atoms with Crippen LogP contribution < -0.4 is 0 Å². The van der Waals surface area contributed by atoms with Gasteiger partial charge in [0.05, 0.1) is 18.6 Å². The first-order valence-electron chi connectivity index (χ1n) is 8.37. The highest BCUT2D eigenvalue weighted by Gasteiger charge is 2.66. The predicted octanol–water partition coefficient (Wildman–Crippen LogP) is 3.56. The molecular formula is C17H23F4NO4S. The van der Waals surface area contributed by atoms with Gasteiger partial charge in [-0.3, -0.25) is 4.90 Å². The maximum atomic E-state index is 14.2. The molecule has 1 atom stereocenters. The normalized spacial score (nSPS) is 14.2. The number of sulfone groups is 1. The van der Waals surface area contributed by atoms with Crippen molar-refractivity contribution in [2.24, 2.45) is 0 Å². The summed E-state index contributed by atoms with van der Waals surface area (Å²) >= 11 is 0. The van der Waals surface area contributed by atoms with Crippen LogP contribution in [0.2, 0.25) is 0 Å². The average molecular weight is 413 g/mol. The van der Waals surface area contributed by atoms with E-state index in [1.165, 1.54) is 38.1 Å². The summed E-state index contributed by atoms with van der Waals surface area (Å²) in [6, 6.07) is 7.38. The van der Waals surface area contributed by atoms with Crippen LogP contribution in [0, 0.1) is 0 Å². The smallest absolute Gasteiger partial charge is 0.408 e. The molecule has 0 N–H and O–H groups in total. The highest BCUT2D eigenvalue weighted by atomic mass is 32.2. The molecule has 1 unspecified atom stereocenters. The summed E-state index contributed by atoms with van der Waals surface area (Å²) in [5.74, 6) is -5.86.